The second-order valence-corrected chi connectivity index (χ2v) is 6.97. The van der Waals surface area contributed by atoms with Gasteiger partial charge in [0.15, 0.2) is 0 Å². The summed E-state index contributed by atoms with van der Waals surface area (Å²) in [6.45, 7) is 2.53. The SMILES string of the molecule is CC1(OCc2ccccc2)CC(F)(c2cccc(Br)c2)C1. The largest absolute Gasteiger partial charge is 0.370 e. The Kier molecular flexibility index (Phi) is 3.89. The van der Waals surface area contributed by atoms with Crippen LogP contribution in [0.25, 0.3) is 0 Å². The van der Waals surface area contributed by atoms with E-state index in [-0.39, 0.29) is 5.60 Å². The van der Waals surface area contributed by atoms with Crippen LogP contribution in [-0.4, -0.2) is 5.60 Å². The van der Waals surface area contributed by atoms with Crippen molar-refractivity contribution in [1.82, 2.24) is 0 Å². The van der Waals surface area contributed by atoms with E-state index >= 15 is 0 Å². The molecule has 2 aromatic rings. The maximum Gasteiger partial charge on any atom is 0.141 e. The molecule has 0 radical (unpaired) electrons. The molecule has 2 aromatic carbocycles. The van der Waals surface area contributed by atoms with Crippen LogP contribution >= 0.6 is 15.9 Å². The minimum atomic E-state index is -1.27. The number of rotatable bonds is 4. The van der Waals surface area contributed by atoms with Crippen LogP contribution in [0.3, 0.4) is 0 Å². The van der Waals surface area contributed by atoms with Gasteiger partial charge in [0.1, 0.15) is 5.67 Å². The second kappa shape index (κ2) is 5.54. The molecular weight excluding hydrogens is 331 g/mol. The summed E-state index contributed by atoms with van der Waals surface area (Å²) in [6.07, 6.45) is 0.812. The van der Waals surface area contributed by atoms with Gasteiger partial charge in [0.25, 0.3) is 0 Å². The van der Waals surface area contributed by atoms with Gasteiger partial charge in [-0.3, -0.25) is 0 Å². The summed E-state index contributed by atoms with van der Waals surface area (Å²) in [5, 5.41) is 0. The van der Waals surface area contributed by atoms with Crippen molar-refractivity contribution in [2.75, 3.05) is 0 Å². The molecule has 21 heavy (non-hydrogen) atoms. The van der Waals surface area contributed by atoms with Gasteiger partial charge in [0.2, 0.25) is 0 Å². The van der Waals surface area contributed by atoms with Crippen molar-refractivity contribution in [3.63, 3.8) is 0 Å². The van der Waals surface area contributed by atoms with Crippen molar-refractivity contribution in [3.05, 3.63) is 70.2 Å². The zero-order valence-electron chi connectivity index (χ0n) is 12.0. The maximum absolute atomic E-state index is 14.9. The Morgan fingerprint density at radius 3 is 2.48 bits per heavy atom. The Morgan fingerprint density at radius 2 is 1.81 bits per heavy atom. The molecule has 1 aliphatic rings. The third-order valence-corrected chi connectivity index (χ3v) is 4.57. The summed E-state index contributed by atoms with van der Waals surface area (Å²) in [5.41, 5.74) is 0.206. The molecule has 0 heterocycles. The summed E-state index contributed by atoms with van der Waals surface area (Å²) in [6, 6.07) is 17.5. The minimum absolute atomic E-state index is 0.382. The highest BCUT2D eigenvalue weighted by Gasteiger charge is 2.54. The molecule has 0 bridgehead atoms. The lowest BCUT2D eigenvalue weighted by atomic mass is 9.66. The van der Waals surface area contributed by atoms with Gasteiger partial charge in [-0.1, -0.05) is 58.4 Å². The maximum atomic E-state index is 14.9. The first-order valence-electron chi connectivity index (χ1n) is 7.12. The molecule has 0 atom stereocenters. The molecule has 0 saturated heterocycles. The van der Waals surface area contributed by atoms with E-state index in [9.17, 15) is 4.39 Å². The molecule has 0 amide bonds. The summed E-state index contributed by atoms with van der Waals surface area (Å²) in [4.78, 5) is 0. The topological polar surface area (TPSA) is 9.23 Å². The molecule has 3 rings (SSSR count). The fraction of sp³-hybridized carbons (Fsp3) is 0.333. The van der Waals surface area contributed by atoms with E-state index < -0.39 is 5.67 Å². The number of hydrogen-bond donors (Lipinski definition) is 0. The van der Waals surface area contributed by atoms with Gasteiger partial charge in [-0.25, -0.2) is 4.39 Å². The number of benzene rings is 2. The van der Waals surface area contributed by atoms with Crippen molar-refractivity contribution < 1.29 is 9.13 Å². The Morgan fingerprint density at radius 1 is 1.10 bits per heavy atom. The van der Waals surface area contributed by atoms with Gasteiger partial charge in [-0.2, -0.15) is 0 Å². The molecule has 0 aliphatic heterocycles. The van der Waals surface area contributed by atoms with Crippen LogP contribution in [0.4, 0.5) is 4.39 Å². The molecule has 0 spiro atoms. The first kappa shape index (κ1) is 14.7. The van der Waals surface area contributed by atoms with Crippen LogP contribution < -0.4 is 0 Å². The van der Waals surface area contributed by atoms with Crippen molar-refractivity contribution in [3.8, 4) is 0 Å². The van der Waals surface area contributed by atoms with Gasteiger partial charge >= 0.3 is 0 Å². The van der Waals surface area contributed by atoms with Crippen LogP contribution in [0.5, 0.6) is 0 Å². The predicted molar refractivity (Wildman–Crippen MR) is 85.8 cm³/mol. The van der Waals surface area contributed by atoms with Crippen LogP contribution in [-0.2, 0) is 17.0 Å². The van der Waals surface area contributed by atoms with E-state index in [0.29, 0.717) is 19.4 Å². The van der Waals surface area contributed by atoms with Gasteiger partial charge in [0.05, 0.1) is 12.2 Å². The number of ether oxygens (including phenoxy) is 1. The average molecular weight is 349 g/mol. The summed E-state index contributed by atoms with van der Waals surface area (Å²) in [7, 11) is 0. The first-order valence-corrected chi connectivity index (χ1v) is 7.91. The van der Waals surface area contributed by atoms with Crippen molar-refractivity contribution in [2.24, 2.45) is 0 Å². The van der Waals surface area contributed by atoms with Gasteiger partial charge in [-0.15, -0.1) is 0 Å². The van der Waals surface area contributed by atoms with Crippen molar-refractivity contribution >= 4 is 15.9 Å². The Hall–Kier alpha value is -1.19. The lowest BCUT2D eigenvalue weighted by molar-refractivity contribution is -0.177. The van der Waals surface area contributed by atoms with E-state index in [0.717, 1.165) is 15.6 Å². The zero-order chi connectivity index (χ0) is 14.9. The molecule has 1 saturated carbocycles. The van der Waals surface area contributed by atoms with E-state index in [1.807, 2.05) is 61.5 Å². The Balaban J connectivity index is 1.63. The second-order valence-electron chi connectivity index (χ2n) is 6.05. The minimum Gasteiger partial charge on any atom is -0.370 e. The predicted octanol–water partition coefficient (Wildman–Crippen LogP) is 5.38. The summed E-state index contributed by atoms with van der Waals surface area (Å²) < 4.78 is 21.8. The number of hydrogen-bond acceptors (Lipinski definition) is 1. The highest BCUT2D eigenvalue weighted by Crippen LogP contribution is 2.53. The first-order chi connectivity index (χ1) is 9.99. The molecule has 3 heteroatoms. The van der Waals surface area contributed by atoms with E-state index in [1.54, 1.807) is 0 Å². The average Bonchev–Trinajstić information content (AvgIpc) is 2.45. The summed E-state index contributed by atoms with van der Waals surface area (Å²) >= 11 is 3.40. The quantitative estimate of drug-likeness (QED) is 0.720. The monoisotopic (exact) mass is 348 g/mol. The Labute approximate surface area is 133 Å². The highest BCUT2D eigenvalue weighted by atomic mass is 79.9. The standard InChI is InChI=1S/C18H18BrFO/c1-17(21-11-14-6-3-2-4-7-14)12-18(20,13-17)15-8-5-9-16(19)10-15/h2-10H,11-13H2,1H3. The van der Waals surface area contributed by atoms with E-state index in [4.69, 9.17) is 4.74 Å². The highest BCUT2D eigenvalue weighted by molar-refractivity contribution is 9.10. The molecule has 0 unspecified atom stereocenters. The molecule has 1 aliphatic carbocycles. The summed E-state index contributed by atoms with van der Waals surface area (Å²) in [5.74, 6) is 0. The van der Waals surface area contributed by atoms with Gasteiger partial charge in [-0.05, 0) is 30.2 Å². The third kappa shape index (κ3) is 3.19. The van der Waals surface area contributed by atoms with Gasteiger partial charge < -0.3 is 4.74 Å². The third-order valence-electron chi connectivity index (χ3n) is 4.08. The van der Waals surface area contributed by atoms with E-state index in [2.05, 4.69) is 15.9 Å². The molecular formula is C18H18BrFO. The molecule has 1 fully saturated rings. The lowest BCUT2D eigenvalue weighted by Gasteiger charge is -2.49. The smallest absolute Gasteiger partial charge is 0.141 e. The molecule has 110 valence electrons. The number of alkyl halides is 1. The van der Waals surface area contributed by atoms with Crippen molar-refractivity contribution in [1.29, 1.82) is 0 Å². The molecule has 0 aromatic heterocycles. The van der Waals surface area contributed by atoms with Crippen LogP contribution in [0.15, 0.2) is 59.1 Å². The van der Waals surface area contributed by atoms with Crippen LogP contribution in [0.1, 0.15) is 30.9 Å². The fourth-order valence-electron chi connectivity index (χ4n) is 3.04. The molecule has 0 N–H and O–H groups in total. The number of halogens is 2. The van der Waals surface area contributed by atoms with Crippen LogP contribution in [0, 0.1) is 0 Å². The van der Waals surface area contributed by atoms with Crippen LogP contribution in [0.2, 0.25) is 0 Å². The molecule has 1 nitrogen and oxygen atoms in total. The Bertz CT molecular complexity index is 620. The van der Waals surface area contributed by atoms with Crippen molar-refractivity contribution in [2.45, 2.75) is 37.6 Å². The zero-order valence-corrected chi connectivity index (χ0v) is 13.6. The normalized spacial score (nSPS) is 28.1. The fourth-order valence-corrected chi connectivity index (χ4v) is 3.44. The lowest BCUT2D eigenvalue weighted by Crippen LogP contribution is -2.51. The van der Waals surface area contributed by atoms with Gasteiger partial charge in [0, 0.05) is 17.3 Å². The van der Waals surface area contributed by atoms with E-state index in [1.165, 1.54) is 0 Å².